The van der Waals surface area contributed by atoms with Crippen molar-refractivity contribution in [2.75, 3.05) is 26.4 Å². The molecule has 0 saturated carbocycles. The lowest BCUT2D eigenvalue weighted by Crippen LogP contribution is -2.34. The van der Waals surface area contributed by atoms with Crippen LogP contribution in [-0.4, -0.2) is 50.9 Å². The molecule has 2 N–H and O–H groups in total. The standard InChI is InChI=1S/C13H20N2O4S/c1-4-20(18,19)11-7-5-10(6-8-11)12(9-15(2)3)14-13(16)17/h5-8,12,14H,4,9H2,1-3H3,(H,16,17)/t12-/m0/s1. The van der Waals surface area contributed by atoms with Crippen LogP contribution in [0.4, 0.5) is 4.79 Å². The Labute approximate surface area is 119 Å². The molecule has 0 aliphatic carbocycles. The van der Waals surface area contributed by atoms with Crippen molar-refractivity contribution in [3.63, 3.8) is 0 Å². The summed E-state index contributed by atoms with van der Waals surface area (Å²) in [5.41, 5.74) is 0.733. The van der Waals surface area contributed by atoms with Crippen molar-refractivity contribution in [2.24, 2.45) is 0 Å². The van der Waals surface area contributed by atoms with Crippen molar-refractivity contribution < 1.29 is 18.3 Å². The minimum atomic E-state index is -3.23. The first kappa shape index (κ1) is 16.5. The number of carbonyl (C=O) groups is 1. The van der Waals surface area contributed by atoms with E-state index in [1.165, 1.54) is 12.1 Å². The summed E-state index contributed by atoms with van der Waals surface area (Å²) < 4.78 is 23.4. The number of nitrogens with one attached hydrogen (secondary N) is 1. The highest BCUT2D eigenvalue weighted by molar-refractivity contribution is 7.91. The van der Waals surface area contributed by atoms with E-state index >= 15 is 0 Å². The molecule has 1 rings (SSSR count). The van der Waals surface area contributed by atoms with Gasteiger partial charge in [-0.25, -0.2) is 13.2 Å². The van der Waals surface area contributed by atoms with Crippen LogP contribution in [0, 0.1) is 0 Å². The van der Waals surface area contributed by atoms with Crippen LogP contribution in [0.2, 0.25) is 0 Å². The van der Waals surface area contributed by atoms with Gasteiger partial charge in [-0.2, -0.15) is 0 Å². The Hall–Kier alpha value is -1.60. The summed E-state index contributed by atoms with van der Waals surface area (Å²) in [5, 5.41) is 11.3. The van der Waals surface area contributed by atoms with Gasteiger partial charge in [-0.15, -0.1) is 0 Å². The van der Waals surface area contributed by atoms with Gasteiger partial charge in [-0.3, -0.25) is 0 Å². The fourth-order valence-corrected chi connectivity index (χ4v) is 2.71. The van der Waals surface area contributed by atoms with E-state index in [4.69, 9.17) is 5.11 Å². The molecule has 0 heterocycles. The van der Waals surface area contributed by atoms with Gasteiger partial charge in [0, 0.05) is 6.54 Å². The van der Waals surface area contributed by atoms with E-state index in [9.17, 15) is 13.2 Å². The quantitative estimate of drug-likeness (QED) is 0.828. The number of sulfone groups is 1. The van der Waals surface area contributed by atoms with Crippen molar-refractivity contribution in [3.8, 4) is 0 Å². The second kappa shape index (κ2) is 6.71. The van der Waals surface area contributed by atoms with Gasteiger partial charge in [0.05, 0.1) is 16.7 Å². The molecule has 0 fully saturated rings. The Morgan fingerprint density at radius 1 is 1.30 bits per heavy atom. The van der Waals surface area contributed by atoms with E-state index in [2.05, 4.69) is 5.32 Å². The average molecular weight is 300 g/mol. The molecule has 1 aromatic rings. The number of nitrogens with zero attached hydrogens (tertiary/aromatic N) is 1. The van der Waals surface area contributed by atoms with Gasteiger partial charge in [0.2, 0.25) is 0 Å². The Balaban J connectivity index is 3.01. The number of likely N-dealkylation sites (N-methyl/N-ethyl adjacent to an activating group) is 1. The zero-order chi connectivity index (χ0) is 15.3. The van der Waals surface area contributed by atoms with E-state index in [1.54, 1.807) is 19.1 Å². The van der Waals surface area contributed by atoms with Crippen molar-refractivity contribution >= 4 is 15.9 Å². The van der Waals surface area contributed by atoms with E-state index in [-0.39, 0.29) is 10.6 Å². The van der Waals surface area contributed by atoms with Crippen molar-refractivity contribution in [1.29, 1.82) is 0 Å². The molecule has 0 unspecified atom stereocenters. The van der Waals surface area contributed by atoms with Crippen LogP contribution in [0.3, 0.4) is 0 Å². The molecule has 112 valence electrons. The number of hydrogen-bond acceptors (Lipinski definition) is 4. The van der Waals surface area contributed by atoms with Gasteiger partial charge in [-0.1, -0.05) is 19.1 Å². The molecule has 0 aliphatic heterocycles. The van der Waals surface area contributed by atoms with Crippen LogP contribution in [0.5, 0.6) is 0 Å². The first-order chi connectivity index (χ1) is 9.26. The summed E-state index contributed by atoms with van der Waals surface area (Å²) in [6, 6.07) is 5.92. The minimum Gasteiger partial charge on any atom is -0.465 e. The number of amides is 1. The zero-order valence-corrected chi connectivity index (χ0v) is 12.6. The van der Waals surface area contributed by atoms with Gasteiger partial charge in [0.1, 0.15) is 0 Å². The maximum absolute atomic E-state index is 11.7. The summed E-state index contributed by atoms with van der Waals surface area (Å²) in [6.07, 6.45) is -1.11. The van der Waals surface area contributed by atoms with Crippen LogP contribution < -0.4 is 5.32 Å². The Bertz CT molecular complexity index is 552. The second-order valence-corrected chi connectivity index (χ2v) is 7.02. The highest BCUT2D eigenvalue weighted by Gasteiger charge is 2.17. The SMILES string of the molecule is CCS(=O)(=O)c1ccc([C@H](CN(C)C)NC(=O)O)cc1. The predicted octanol–water partition coefficient (Wildman–Crippen LogP) is 1.35. The molecular formula is C13H20N2O4S. The molecule has 1 atom stereocenters. The largest absolute Gasteiger partial charge is 0.465 e. The molecule has 1 aromatic carbocycles. The third kappa shape index (κ3) is 4.50. The number of benzene rings is 1. The molecule has 0 aromatic heterocycles. The van der Waals surface area contributed by atoms with Crippen LogP contribution in [0.15, 0.2) is 29.2 Å². The minimum absolute atomic E-state index is 0.0425. The molecule has 1 amide bonds. The first-order valence-electron chi connectivity index (χ1n) is 6.23. The Morgan fingerprint density at radius 2 is 1.85 bits per heavy atom. The van der Waals surface area contributed by atoms with Crippen molar-refractivity contribution in [2.45, 2.75) is 17.9 Å². The van der Waals surface area contributed by atoms with Crippen LogP contribution >= 0.6 is 0 Å². The van der Waals surface area contributed by atoms with E-state index < -0.39 is 22.0 Å². The summed E-state index contributed by atoms with van der Waals surface area (Å²) in [4.78, 5) is 12.9. The highest BCUT2D eigenvalue weighted by Crippen LogP contribution is 2.18. The molecule has 0 aliphatic rings. The van der Waals surface area contributed by atoms with Crippen LogP contribution in [-0.2, 0) is 9.84 Å². The lowest BCUT2D eigenvalue weighted by Gasteiger charge is -2.21. The van der Waals surface area contributed by atoms with Gasteiger partial charge >= 0.3 is 6.09 Å². The monoisotopic (exact) mass is 300 g/mol. The lowest BCUT2D eigenvalue weighted by atomic mass is 10.1. The molecular weight excluding hydrogens is 280 g/mol. The molecule has 6 nitrogen and oxygen atoms in total. The summed E-state index contributed by atoms with van der Waals surface area (Å²) >= 11 is 0. The van der Waals surface area contributed by atoms with Gasteiger partial charge in [0.25, 0.3) is 0 Å². The smallest absolute Gasteiger partial charge is 0.405 e. The summed E-state index contributed by atoms with van der Waals surface area (Å²) in [6.45, 7) is 2.08. The molecule has 20 heavy (non-hydrogen) atoms. The fourth-order valence-electron chi connectivity index (χ4n) is 1.82. The maximum Gasteiger partial charge on any atom is 0.405 e. The molecule has 0 saturated heterocycles. The fraction of sp³-hybridized carbons (Fsp3) is 0.462. The van der Waals surface area contributed by atoms with E-state index in [1.807, 2.05) is 19.0 Å². The summed E-state index contributed by atoms with van der Waals surface area (Å²) in [7, 11) is 0.446. The first-order valence-corrected chi connectivity index (χ1v) is 7.88. The van der Waals surface area contributed by atoms with Crippen molar-refractivity contribution in [1.82, 2.24) is 10.2 Å². The normalized spacial score (nSPS) is 13.2. The van der Waals surface area contributed by atoms with Crippen molar-refractivity contribution in [3.05, 3.63) is 29.8 Å². The number of rotatable bonds is 6. The number of hydrogen-bond donors (Lipinski definition) is 2. The summed E-state index contributed by atoms with van der Waals surface area (Å²) in [5.74, 6) is 0.0425. The predicted molar refractivity (Wildman–Crippen MR) is 76.6 cm³/mol. The molecule has 0 radical (unpaired) electrons. The van der Waals surface area contributed by atoms with Gasteiger partial charge in [0.15, 0.2) is 9.84 Å². The van der Waals surface area contributed by atoms with E-state index in [0.29, 0.717) is 6.54 Å². The lowest BCUT2D eigenvalue weighted by molar-refractivity contribution is 0.186. The van der Waals surface area contributed by atoms with Crippen LogP contribution in [0.25, 0.3) is 0 Å². The third-order valence-corrected chi connectivity index (χ3v) is 4.62. The highest BCUT2D eigenvalue weighted by atomic mass is 32.2. The molecule has 0 spiro atoms. The Kier molecular flexibility index (Phi) is 5.52. The van der Waals surface area contributed by atoms with Crippen LogP contribution in [0.1, 0.15) is 18.5 Å². The topological polar surface area (TPSA) is 86.7 Å². The number of carboxylic acid groups (broad SMARTS) is 1. The van der Waals surface area contributed by atoms with Gasteiger partial charge in [-0.05, 0) is 31.8 Å². The Morgan fingerprint density at radius 3 is 2.25 bits per heavy atom. The molecule has 0 bridgehead atoms. The van der Waals surface area contributed by atoms with Gasteiger partial charge < -0.3 is 15.3 Å². The average Bonchev–Trinajstić information content (AvgIpc) is 2.37. The molecule has 7 heteroatoms. The van der Waals surface area contributed by atoms with E-state index in [0.717, 1.165) is 5.56 Å². The third-order valence-electron chi connectivity index (χ3n) is 2.87. The maximum atomic E-state index is 11.7. The second-order valence-electron chi connectivity index (χ2n) is 4.74. The zero-order valence-electron chi connectivity index (χ0n) is 11.8.